The van der Waals surface area contributed by atoms with E-state index in [1.165, 1.54) is 57.6 Å². The Kier molecular flexibility index (Phi) is 23.3. The Labute approximate surface area is 347 Å². The van der Waals surface area contributed by atoms with Gasteiger partial charge in [0.05, 0.1) is 18.1 Å². The zero-order chi connectivity index (χ0) is 41.6. The average Bonchev–Trinajstić information content (AvgIpc) is 3.56. The molecule has 1 aromatic heterocycles. The van der Waals surface area contributed by atoms with Gasteiger partial charge in [-0.1, -0.05) is 149 Å². The van der Waals surface area contributed by atoms with Crippen molar-refractivity contribution in [2.75, 3.05) is 18.9 Å². The van der Waals surface area contributed by atoms with E-state index >= 15 is 0 Å². The third-order valence-electron chi connectivity index (χ3n) is 10.0. The van der Waals surface area contributed by atoms with E-state index in [1.807, 2.05) is 36.4 Å². The van der Waals surface area contributed by atoms with Gasteiger partial charge in [-0.25, -0.2) is 0 Å². The molecule has 4 aromatic rings. The van der Waals surface area contributed by atoms with Crippen LogP contribution < -0.4 is 16.4 Å². The molecule has 5 rings (SSSR count). The van der Waals surface area contributed by atoms with Gasteiger partial charge in [0.1, 0.15) is 5.82 Å². The third kappa shape index (κ3) is 17.0. The molecule has 1 heterocycles. The summed E-state index contributed by atoms with van der Waals surface area (Å²) < 4.78 is 2.24. The summed E-state index contributed by atoms with van der Waals surface area (Å²) in [5.41, 5.74) is 11.2. The monoisotopic (exact) mass is 787 g/mol. The van der Waals surface area contributed by atoms with E-state index in [4.69, 9.17) is 15.3 Å². The molecule has 2 amide bonds. The van der Waals surface area contributed by atoms with Crippen molar-refractivity contribution in [1.82, 2.24) is 9.88 Å². The van der Waals surface area contributed by atoms with Crippen LogP contribution in [0.15, 0.2) is 89.9 Å². The first kappa shape index (κ1) is 46.9. The topological polar surface area (TPSA) is 146 Å². The van der Waals surface area contributed by atoms with Gasteiger partial charge in [0.15, 0.2) is 0 Å². The Balaban J connectivity index is 0.000000791. The molecule has 0 saturated heterocycles. The fourth-order valence-corrected chi connectivity index (χ4v) is 7.08. The van der Waals surface area contributed by atoms with Gasteiger partial charge in [-0.3, -0.25) is 14.6 Å². The number of nitrogens with zero attached hydrogens (tertiary/aromatic N) is 2. The van der Waals surface area contributed by atoms with E-state index in [0.717, 1.165) is 96.4 Å². The summed E-state index contributed by atoms with van der Waals surface area (Å²) in [6, 6.07) is 29.0. The number of aliphatic imine (C=N–C) groups is 1. The number of carbonyl (C=O) groups excluding carboxylic acids is 2. The summed E-state index contributed by atoms with van der Waals surface area (Å²) in [4.78, 5) is 24.9. The predicted octanol–water partition coefficient (Wildman–Crippen LogP) is 10.1. The number of aromatic nitrogens is 1. The standard InChI is InChI=1S/C42H51N5O.C6H12O.CH3NO/c1-3-4-5-6-7-8-18-28-39(48)45-29-19-10-9-13-21-34-22-20-23-35(30-34)32-47-41(37-26-16-12-17-27-37)40(36-24-14-11-15-25-36)38(31-43)42(47)46-33-44-2;7-6-4-2-1-3-5-6;2-1-3/h11-12,14-17,20,22-27,30-31,33,43H,3-10,18-19,28-29,32H2,1-2H3,(H,44,46)(H,45,48);6-7H,1-5H2;1H,(H2,2,3). The number of aliphatic hydroxyl groups is 1. The number of carbonyl (C=O) groups is 2. The van der Waals surface area contributed by atoms with Gasteiger partial charge < -0.3 is 31.5 Å². The van der Waals surface area contributed by atoms with Gasteiger partial charge in [0.25, 0.3) is 0 Å². The molecule has 0 radical (unpaired) electrons. The van der Waals surface area contributed by atoms with Crippen LogP contribution in [0.1, 0.15) is 126 Å². The molecule has 3 aromatic carbocycles. The van der Waals surface area contributed by atoms with Crippen molar-refractivity contribution < 1.29 is 14.7 Å². The molecule has 1 aliphatic carbocycles. The predicted molar refractivity (Wildman–Crippen MR) is 242 cm³/mol. The fourth-order valence-electron chi connectivity index (χ4n) is 7.08. The minimum atomic E-state index is 0.0359. The highest BCUT2D eigenvalue weighted by Gasteiger charge is 2.24. The minimum Gasteiger partial charge on any atom is -0.393 e. The molecule has 1 fully saturated rings. The summed E-state index contributed by atoms with van der Waals surface area (Å²) in [7, 11) is 1.73. The SMILES string of the molecule is CCCCCCCCCC(=O)NCCCCC#Cc1cccc(Cn2c(NC=NC)c(C=N)c(-c3ccccc3)c2-c2ccccc2)c1.NC=O.OC1CCCCC1. The van der Waals surface area contributed by atoms with Crippen molar-refractivity contribution in [2.24, 2.45) is 10.7 Å². The Morgan fingerprint density at radius 3 is 2.17 bits per heavy atom. The van der Waals surface area contributed by atoms with E-state index in [9.17, 15) is 4.79 Å². The van der Waals surface area contributed by atoms with E-state index < -0.39 is 0 Å². The highest BCUT2D eigenvalue weighted by Crippen LogP contribution is 2.41. The summed E-state index contributed by atoms with van der Waals surface area (Å²) >= 11 is 0. The molecule has 0 aliphatic heterocycles. The van der Waals surface area contributed by atoms with E-state index in [0.29, 0.717) is 13.0 Å². The molecule has 0 atom stereocenters. The van der Waals surface area contributed by atoms with Crippen LogP contribution in [0.3, 0.4) is 0 Å². The molecule has 310 valence electrons. The number of nitrogens with two attached hydrogens (primary N) is 1. The number of amides is 2. The number of anilines is 1. The number of nitrogens with one attached hydrogen (secondary N) is 3. The second-order valence-electron chi connectivity index (χ2n) is 14.6. The third-order valence-corrected chi connectivity index (χ3v) is 10.0. The summed E-state index contributed by atoms with van der Waals surface area (Å²) in [6.45, 7) is 3.54. The lowest BCUT2D eigenvalue weighted by Gasteiger charge is -2.15. The molecule has 0 spiro atoms. The Morgan fingerprint density at radius 2 is 1.55 bits per heavy atom. The smallest absolute Gasteiger partial charge is 0.219 e. The Bertz CT molecular complexity index is 1850. The van der Waals surface area contributed by atoms with E-state index in [-0.39, 0.29) is 18.4 Å². The quantitative estimate of drug-likeness (QED) is 0.0212. The van der Waals surface area contributed by atoms with Gasteiger partial charge in [0, 0.05) is 55.9 Å². The van der Waals surface area contributed by atoms with Crippen LogP contribution in [-0.2, 0) is 16.1 Å². The van der Waals surface area contributed by atoms with Crippen molar-refractivity contribution >= 4 is 30.7 Å². The van der Waals surface area contributed by atoms with Crippen LogP contribution in [0.4, 0.5) is 5.82 Å². The molecular weight excluding hydrogens is 721 g/mol. The number of hydrogen-bond donors (Lipinski definition) is 5. The van der Waals surface area contributed by atoms with Gasteiger partial charge in [0.2, 0.25) is 12.3 Å². The highest BCUT2D eigenvalue weighted by atomic mass is 16.3. The Hall–Kier alpha value is -5.46. The van der Waals surface area contributed by atoms with E-state index in [1.54, 1.807) is 13.4 Å². The van der Waals surface area contributed by atoms with Crippen molar-refractivity contribution in [1.29, 1.82) is 5.41 Å². The van der Waals surface area contributed by atoms with E-state index in [2.05, 4.69) is 93.2 Å². The van der Waals surface area contributed by atoms with Gasteiger partial charge in [-0.05, 0) is 60.9 Å². The van der Waals surface area contributed by atoms with Crippen LogP contribution in [0.5, 0.6) is 0 Å². The summed E-state index contributed by atoms with van der Waals surface area (Å²) in [5, 5.41) is 23.8. The number of aliphatic hydroxyl groups excluding tert-OH is 1. The van der Waals surface area contributed by atoms with Crippen molar-refractivity contribution in [3.8, 4) is 34.2 Å². The fraction of sp³-hybridized carbons (Fsp3) is 0.429. The highest BCUT2D eigenvalue weighted by molar-refractivity contribution is 6.04. The summed E-state index contributed by atoms with van der Waals surface area (Å²) in [5.74, 6) is 7.68. The molecule has 9 heteroatoms. The summed E-state index contributed by atoms with van der Waals surface area (Å²) in [6.07, 6.45) is 21.2. The van der Waals surface area contributed by atoms with Crippen molar-refractivity contribution in [3.05, 3.63) is 102 Å². The maximum Gasteiger partial charge on any atom is 0.219 e. The number of rotatable bonds is 19. The van der Waals surface area contributed by atoms with Gasteiger partial charge in [-0.15, -0.1) is 0 Å². The molecule has 0 unspecified atom stereocenters. The van der Waals surface area contributed by atoms with Crippen LogP contribution >= 0.6 is 0 Å². The molecule has 6 N–H and O–H groups in total. The first-order valence-corrected chi connectivity index (χ1v) is 21.2. The normalized spacial score (nSPS) is 12.3. The molecule has 0 bridgehead atoms. The zero-order valence-electron chi connectivity index (χ0n) is 34.9. The van der Waals surface area contributed by atoms with Crippen molar-refractivity contribution in [3.63, 3.8) is 0 Å². The lowest BCUT2D eigenvalue weighted by molar-refractivity contribution is -0.121. The first-order chi connectivity index (χ1) is 28.5. The largest absolute Gasteiger partial charge is 0.393 e. The molecular formula is C49H66N6O3. The maximum absolute atomic E-state index is 12.1. The second-order valence-corrected chi connectivity index (χ2v) is 14.6. The molecule has 9 nitrogen and oxygen atoms in total. The zero-order valence-corrected chi connectivity index (χ0v) is 34.9. The molecule has 1 aliphatic rings. The average molecular weight is 787 g/mol. The van der Waals surface area contributed by atoms with Crippen molar-refractivity contribution in [2.45, 2.75) is 122 Å². The van der Waals surface area contributed by atoms with Crippen LogP contribution in [-0.4, -0.2) is 54.2 Å². The minimum absolute atomic E-state index is 0.0359. The number of primary amides is 1. The van der Waals surface area contributed by atoms with Gasteiger partial charge in [-0.2, -0.15) is 0 Å². The lowest BCUT2D eigenvalue weighted by atomic mass is 9.98. The van der Waals surface area contributed by atoms with Gasteiger partial charge >= 0.3 is 0 Å². The maximum atomic E-state index is 12.1. The molecule has 58 heavy (non-hydrogen) atoms. The van der Waals surface area contributed by atoms with Crippen LogP contribution in [0, 0.1) is 17.3 Å². The lowest BCUT2D eigenvalue weighted by Crippen LogP contribution is -2.23. The number of benzene rings is 3. The van der Waals surface area contributed by atoms with Crippen LogP contribution in [0.2, 0.25) is 0 Å². The molecule has 1 saturated carbocycles. The Morgan fingerprint density at radius 1 is 0.897 bits per heavy atom. The second kappa shape index (κ2) is 28.9. The first-order valence-electron chi connectivity index (χ1n) is 21.2. The van der Waals surface area contributed by atoms with Crippen LogP contribution in [0.25, 0.3) is 22.4 Å². The number of hydrogen-bond acceptors (Lipinski definition) is 5. The number of unbranched alkanes of at least 4 members (excludes halogenated alkanes) is 8.